The van der Waals surface area contributed by atoms with Crippen molar-refractivity contribution in [2.24, 2.45) is 0 Å². The van der Waals surface area contributed by atoms with Gasteiger partial charge >= 0.3 is 0 Å². The molecule has 1 N–H and O–H groups in total. The molecule has 0 aliphatic carbocycles. The molecule has 148 valence electrons. The summed E-state index contributed by atoms with van der Waals surface area (Å²) in [4.78, 5) is 14.8. The molecule has 29 heavy (non-hydrogen) atoms. The highest BCUT2D eigenvalue weighted by Gasteiger charge is 2.18. The topological polar surface area (TPSA) is 41.6 Å². The summed E-state index contributed by atoms with van der Waals surface area (Å²) < 4.78 is 5.17. The van der Waals surface area contributed by atoms with Gasteiger partial charge in [0.2, 0.25) is 0 Å². The van der Waals surface area contributed by atoms with Gasteiger partial charge in [0.15, 0.2) is 0 Å². The minimum Gasteiger partial charge on any atom is -0.497 e. The van der Waals surface area contributed by atoms with E-state index in [1.165, 1.54) is 22.4 Å². The Morgan fingerprint density at radius 2 is 1.69 bits per heavy atom. The minimum atomic E-state index is -0.0309. The molecule has 0 unspecified atom stereocenters. The Hall–Kier alpha value is -3.27. The number of ether oxygens (including phenoxy) is 1. The molecule has 0 saturated heterocycles. The van der Waals surface area contributed by atoms with E-state index in [0.29, 0.717) is 12.1 Å². The van der Waals surface area contributed by atoms with Crippen molar-refractivity contribution in [3.05, 3.63) is 95.1 Å². The zero-order chi connectivity index (χ0) is 20.1. The molecule has 0 radical (unpaired) electrons. The average molecular weight is 386 g/mol. The van der Waals surface area contributed by atoms with Gasteiger partial charge in [-0.3, -0.25) is 4.79 Å². The second kappa shape index (κ2) is 8.82. The molecule has 4 nitrogen and oxygen atoms in total. The number of anilines is 1. The van der Waals surface area contributed by atoms with Crippen molar-refractivity contribution in [2.75, 3.05) is 25.1 Å². The number of nitrogens with one attached hydrogen (secondary N) is 1. The number of methoxy groups -OCH3 is 1. The second-order valence-corrected chi connectivity index (χ2v) is 7.35. The molecule has 0 atom stereocenters. The number of amides is 1. The maximum Gasteiger partial charge on any atom is 0.251 e. The van der Waals surface area contributed by atoms with Crippen LogP contribution >= 0.6 is 0 Å². The SMILES string of the molecule is COc1ccc(CCNC(=O)c2ccc(CN3CCc4ccccc43)cc2)cc1. The lowest BCUT2D eigenvalue weighted by Gasteiger charge is -2.19. The van der Waals surface area contributed by atoms with E-state index >= 15 is 0 Å². The smallest absolute Gasteiger partial charge is 0.251 e. The van der Waals surface area contributed by atoms with Gasteiger partial charge in [0.1, 0.15) is 5.75 Å². The zero-order valence-electron chi connectivity index (χ0n) is 16.7. The van der Waals surface area contributed by atoms with Crippen molar-refractivity contribution in [3.63, 3.8) is 0 Å². The summed E-state index contributed by atoms with van der Waals surface area (Å²) in [5.41, 5.74) is 5.84. The van der Waals surface area contributed by atoms with Gasteiger partial charge in [-0.2, -0.15) is 0 Å². The van der Waals surface area contributed by atoms with Crippen LogP contribution < -0.4 is 15.0 Å². The molecule has 1 heterocycles. The minimum absolute atomic E-state index is 0.0309. The molecule has 4 heteroatoms. The Balaban J connectivity index is 1.29. The van der Waals surface area contributed by atoms with Crippen LogP contribution in [0.2, 0.25) is 0 Å². The van der Waals surface area contributed by atoms with Crippen molar-refractivity contribution >= 4 is 11.6 Å². The van der Waals surface area contributed by atoms with Crippen LogP contribution in [0.15, 0.2) is 72.8 Å². The predicted octanol–water partition coefficient (Wildman–Crippen LogP) is 4.23. The van der Waals surface area contributed by atoms with E-state index in [9.17, 15) is 4.79 Å². The Morgan fingerprint density at radius 1 is 0.966 bits per heavy atom. The fraction of sp³-hybridized carbons (Fsp3) is 0.240. The third kappa shape index (κ3) is 4.60. The van der Waals surface area contributed by atoms with Gasteiger partial charge in [0.25, 0.3) is 5.91 Å². The zero-order valence-corrected chi connectivity index (χ0v) is 16.7. The van der Waals surface area contributed by atoms with Crippen LogP contribution in [0.5, 0.6) is 5.75 Å². The lowest BCUT2D eigenvalue weighted by molar-refractivity contribution is 0.0954. The molecule has 1 aliphatic heterocycles. The molecule has 0 aromatic heterocycles. The molecule has 0 bridgehead atoms. The highest BCUT2D eigenvalue weighted by molar-refractivity contribution is 5.94. The summed E-state index contributed by atoms with van der Waals surface area (Å²) in [7, 11) is 1.66. The fourth-order valence-corrected chi connectivity index (χ4v) is 3.77. The van der Waals surface area contributed by atoms with Crippen molar-refractivity contribution in [3.8, 4) is 5.75 Å². The number of benzene rings is 3. The number of carbonyl (C=O) groups excluding carboxylic acids is 1. The lowest BCUT2D eigenvalue weighted by Crippen LogP contribution is -2.25. The molecular formula is C25H26N2O2. The van der Waals surface area contributed by atoms with E-state index in [1.54, 1.807) is 7.11 Å². The van der Waals surface area contributed by atoms with Crippen LogP contribution in [0.4, 0.5) is 5.69 Å². The van der Waals surface area contributed by atoms with Crippen LogP contribution in [0, 0.1) is 0 Å². The summed E-state index contributed by atoms with van der Waals surface area (Å²) in [6.07, 6.45) is 1.90. The van der Waals surface area contributed by atoms with E-state index in [-0.39, 0.29) is 5.91 Å². The van der Waals surface area contributed by atoms with Crippen LogP contribution in [0.1, 0.15) is 27.0 Å². The van der Waals surface area contributed by atoms with Crippen LogP contribution in [-0.4, -0.2) is 26.1 Å². The van der Waals surface area contributed by atoms with Gasteiger partial charge in [0.05, 0.1) is 7.11 Å². The summed E-state index contributed by atoms with van der Waals surface area (Å²) in [6, 6.07) is 24.5. The number of nitrogens with zero attached hydrogens (tertiary/aromatic N) is 1. The molecule has 0 saturated carbocycles. The Labute approximate surface area is 172 Å². The normalized spacial score (nSPS) is 12.5. The molecule has 3 aromatic rings. The average Bonchev–Trinajstić information content (AvgIpc) is 3.17. The van der Waals surface area contributed by atoms with Gasteiger partial charge in [0, 0.05) is 30.9 Å². The number of fused-ring (bicyclic) bond motifs is 1. The number of hydrogen-bond acceptors (Lipinski definition) is 3. The first-order chi connectivity index (χ1) is 14.2. The summed E-state index contributed by atoms with van der Waals surface area (Å²) in [5.74, 6) is 0.812. The molecule has 3 aromatic carbocycles. The van der Waals surface area contributed by atoms with Crippen LogP contribution in [0.25, 0.3) is 0 Å². The standard InChI is InChI=1S/C25H26N2O2/c1-29-23-12-8-19(9-13-23)14-16-26-25(28)22-10-6-20(7-11-22)18-27-17-15-21-4-2-3-5-24(21)27/h2-13H,14-18H2,1H3,(H,26,28). The first-order valence-electron chi connectivity index (χ1n) is 10.1. The molecular weight excluding hydrogens is 360 g/mol. The maximum atomic E-state index is 12.4. The number of rotatable bonds is 7. The van der Waals surface area contributed by atoms with Crippen LogP contribution in [-0.2, 0) is 19.4 Å². The monoisotopic (exact) mass is 386 g/mol. The molecule has 1 amide bonds. The fourth-order valence-electron chi connectivity index (χ4n) is 3.77. The van der Waals surface area contributed by atoms with Gasteiger partial charge in [-0.25, -0.2) is 0 Å². The van der Waals surface area contributed by atoms with E-state index < -0.39 is 0 Å². The van der Waals surface area contributed by atoms with Gasteiger partial charge in [-0.1, -0.05) is 42.5 Å². The highest BCUT2D eigenvalue weighted by atomic mass is 16.5. The Morgan fingerprint density at radius 3 is 2.45 bits per heavy atom. The third-order valence-electron chi connectivity index (χ3n) is 5.43. The molecule has 0 spiro atoms. The summed E-state index contributed by atoms with van der Waals surface area (Å²) in [6.45, 7) is 2.53. The van der Waals surface area contributed by atoms with Crippen LogP contribution in [0.3, 0.4) is 0 Å². The number of hydrogen-bond donors (Lipinski definition) is 1. The van der Waals surface area contributed by atoms with Gasteiger partial charge < -0.3 is 15.0 Å². The van der Waals surface area contributed by atoms with Crippen molar-refractivity contribution in [2.45, 2.75) is 19.4 Å². The summed E-state index contributed by atoms with van der Waals surface area (Å²) in [5, 5.41) is 3.00. The Bertz CT molecular complexity index is 965. The lowest BCUT2D eigenvalue weighted by atomic mass is 10.1. The van der Waals surface area contributed by atoms with Crippen molar-refractivity contribution in [1.29, 1.82) is 0 Å². The first-order valence-corrected chi connectivity index (χ1v) is 10.1. The maximum absolute atomic E-state index is 12.4. The first kappa shape index (κ1) is 19.1. The van der Waals surface area contributed by atoms with Crippen molar-refractivity contribution < 1.29 is 9.53 Å². The summed E-state index contributed by atoms with van der Waals surface area (Å²) >= 11 is 0. The van der Waals surface area contributed by atoms with E-state index in [2.05, 4.69) is 46.6 Å². The van der Waals surface area contributed by atoms with E-state index in [1.807, 2.05) is 36.4 Å². The third-order valence-corrected chi connectivity index (χ3v) is 5.43. The molecule has 1 aliphatic rings. The van der Waals surface area contributed by atoms with E-state index in [4.69, 9.17) is 4.74 Å². The largest absolute Gasteiger partial charge is 0.497 e. The number of para-hydroxylation sites is 1. The van der Waals surface area contributed by atoms with Gasteiger partial charge in [-0.05, 0) is 59.9 Å². The highest BCUT2D eigenvalue weighted by Crippen LogP contribution is 2.28. The van der Waals surface area contributed by atoms with Gasteiger partial charge in [-0.15, -0.1) is 0 Å². The predicted molar refractivity (Wildman–Crippen MR) is 117 cm³/mol. The molecule has 4 rings (SSSR count). The van der Waals surface area contributed by atoms with E-state index in [0.717, 1.165) is 31.7 Å². The number of carbonyl (C=O) groups is 1. The molecule has 0 fully saturated rings. The second-order valence-electron chi connectivity index (χ2n) is 7.35. The quantitative estimate of drug-likeness (QED) is 0.661. The Kier molecular flexibility index (Phi) is 5.80. The van der Waals surface area contributed by atoms with Crippen molar-refractivity contribution in [1.82, 2.24) is 5.32 Å².